The zero-order chi connectivity index (χ0) is 35.8. The number of ether oxygens (including phenoxy) is 6. The van der Waals surface area contributed by atoms with E-state index in [4.69, 9.17) is 28.4 Å². The minimum absolute atomic E-state index is 0.0488. The van der Waals surface area contributed by atoms with Gasteiger partial charge in [-0.3, -0.25) is 0 Å². The van der Waals surface area contributed by atoms with Gasteiger partial charge in [0.1, 0.15) is 34.6 Å². The fraction of sp³-hybridized carbons (Fsp3) is 0.297. The van der Waals surface area contributed by atoms with Gasteiger partial charge in [-0.15, -0.1) is 0 Å². The summed E-state index contributed by atoms with van der Waals surface area (Å²) in [6, 6.07) is 12.8. The highest BCUT2D eigenvalue weighted by Gasteiger charge is 2.18. The van der Waals surface area contributed by atoms with Crippen molar-refractivity contribution >= 4 is 23.9 Å². The molecule has 3 aromatic carbocycles. The van der Waals surface area contributed by atoms with Crippen LogP contribution in [0, 0.1) is 11.6 Å². The Hall–Kier alpha value is -5.52. The smallest absolute Gasteiger partial charge is 0.346 e. The van der Waals surface area contributed by atoms with Crippen LogP contribution >= 0.6 is 0 Å². The van der Waals surface area contributed by atoms with Crippen LogP contribution in [-0.2, 0) is 19.1 Å². The molecule has 3 aromatic rings. The topological polar surface area (TPSA) is 124 Å². The van der Waals surface area contributed by atoms with Crippen molar-refractivity contribution in [3.8, 4) is 23.0 Å². The third-order valence-electron chi connectivity index (χ3n) is 6.59. The van der Waals surface area contributed by atoms with Gasteiger partial charge in [0.15, 0.2) is 0 Å². The molecule has 0 amide bonds. The van der Waals surface area contributed by atoms with Crippen molar-refractivity contribution in [2.45, 2.75) is 46.0 Å². The average molecular weight is 681 g/mol. The Kier molecular flexibility index (Phi) is 15.0. The Morgan fingerprint density at radius 3 is 1.31 bits per heavy atom. The van der Waals surface area contributed by atoms with Crippen molar-refractivity contribution in [3.63, 3.8) is 0 Å². The van der Waals surface area contributed by atoms with Crippen LogP contribution in [0.4, 0.5) is 8.78 Å². The summed E-state index contributed by atoms with van der Waals surface area (Å²) in [5.74, 6) is -3.98. The van der Waals surface area contributed by atoms with Gasteiger partial charge in [0.2, 0.25) is 0 Å². The lowest BCUT2D eigenvalue weighted by molar-refractivity contribution is -0.140. The maximum Gasteiger partial charge on any atom is 0.346 e. The van der Waals surface area contributed by atoms with Crippen LogP contribution in [0.25, 0.3) is 0 Å². The molecule has 0 radical (unpaired) electrons. The van der Waals surface area contributed by atoms with Crippen molar-refractivity contribution in [2.75, 3.05) is 26.4 Å². The molecular formula is C37H38F2O10. The van der Waals surface area contributed by atoms with Gasteiger partial charge in [-0.25, -0.2) is 28.0 Å². The van der Waals surface area contributed by atoms with Crippen molar-refractivity contribution in [2.24, 2.45) is 0 Å². The molecule has 0 unspecified atom stereocenters. The Balaban J connectivity index is 1.41. The van der Waals surface area contributed by atoms with Gasteiger partial charge in [-0.2, -0.15) is 0 Å². The highest BCUT2D eigenvalue weighted by Crippen LogP contribution is 2.24. The van der Waals surface area contributed by atoms with Crippen LogP contribution in [0.15, 0.2) is 85.0 Å². The largest absolute Gasteiger partial charge is 0.493 e. The number of hydrogen-bond acceptors (Lipinski definition) is 10. The molecule has 0 spiro atoms. The molecule has 0 fully saturated rings. The molecular weight excluding hydrogens is 642 g/mol. The molecule has 0 aliphatic carbocycles. The van der Waals surface area contributed by atoms with Crippen LogP contribution in [0.5, 0.6) is 23.0 Å². The first kappa shape index (κ1) is 37.9. The fourth-order valence-corrected chi connectivity index (χ4v) is 3.97. The second kappa shape index (κ2) is 19.3. The van der Waals surface area contributed by atoms with Crippen LogP contribution in [0.3, 0.4) is 0 Å². The maximum atomic E-state index is 14.7. The zero-order valence-electron chi connectivity index (χ0n) is 27.4. The van der Waals surface area contributed by atoms with Gasteiger partial charge in [-0.05, 0) is 88.1 Å². The van der Waals surface area contributed by atoms with E-state index >= 15 is 0 Å². The number of esters is 4. The summed E-state index contributed by atoms with van der Waals surface area (Å²) in [6.45, 7) is 11.1. The lowest BCUT2D eigenvalue weighted by Crippen LogP contribution is -2.12. The second-order valence-corrected chi connectivity index (χ2v) is 10.8. The Labute approximate surface area is 283 Å². The first-order valence-corrected chi connectivity index (χ1v) is 15.5. The summed E-state index contributed by atoms with van der Waals surface area (Å²) in [4.78, 5) is 47.8. The summed E-state index contributed by atoms with van der Waals surface area (Å²) in [7, 11) is 0. The zero-order valence-corrected chi connectivity index (χ0v) is 27.4. The minimum atomic E-state index is -0.966. The van der Waals surface area contributed by atoms with Crippen molar-refractivity contribution < 1.29 is 56.4 Å². The van der Waals surface area contributed by atoms with E-state index in [1.807, 2.05) is 0 Å². The van der Waals surface area contributed by atoms with E-state index < -0.39 is 35.5 Å². The van der Waals surface area contributed by atoms with Gasteiger partial charge in [-0.1, -0.05) is 13.2 Å². The molecule has 0 saturated carbocycles. The SMILES string of the molecule is C=C(C)C(=O)OCCCCCCOc1ccc(C(=O)Oc2ccc(OC(=O)c3ccc(OCCCOC(=O)C(=C)C)cc3F)cc2)c(F)c1. The van der Waals surface area contributed by atoms with E-state index in [1.54, 1.807) is 6.92 Å². The van der Waals surface area contributed by atoms with E-state index in [0.717, 1.165) is 25.0 Å². The average Bonchev–Trinajstić information content (AvgIpc) is 3.06. The van der Waals surface area contributed by atoms with Crippen LogP contribution in [-0.4, -0.2) is 50.3 Å². The predicted octanol–water partition coefficient (Wildman–Crippen LogP) is 7.35. The van der Waals surface area contributed by atoms with E-state index in [0.29, 0.717) is 38.0 Å². The number of carbonyl (C=O) groups excluding carboxylic acids is 4. The molecule has 0 N–H and O–H groups in total. The van der Waals surface area contributed by atoms with E-state index in [9.17, 15) is 28.0 Å². The standard InChI is InChI=1S/C37H38F2O10/c1-24(2)34(40)46-19-8-6-5-7-18-44-28-14-16-30(32(38)22-28)36(42)48-26-10-12-27(13-11-26)49-37(43)31-17-15-29(23-33(31)39)45-20-9-21-47-35(41)25(3)4/h10-17,22-23H,1,3,5-9,18-21H2,2,4H3. The molecule has 49 heavy (non-hydrogen) atoms. The lowest BCUT2D eigenvalue weighted by atomic mass is 10.2. The highest BCUT2D eigenvalue weighted by molar-refractivity contribution is 5.92. The summed E-state index contributed by atoms with van der Waals surface area (Å²) >= 11 is 0. The van der Waals surface area contributed by atoms with Crippen LogP contribution < -0.4 is 18.9 Å². The summed E-state index contributed by atoms with van der Waals surface area (Å²) < 4.78 is 60.7. The molecule has 260 valence electrons. The quantitative estimate of drug-likeness (QED) is 0.0550. The highest BCUT2D eigenvalue weighted by atomic mass is 19.1. The molecule has 0 heterocycles. The summed E-state index contributed by atoms with van der Waals surface area (Å²) in [5, 5.41) is 0. The fourth-order valence-electron chi connectivity index (χ4n) is 3.97. The Bertz CT molecular complexity index is 1650. The monoisotopic (exact) mass is 680 g/mol. The summed E-state index contributed by atoms with van der Waals surface area (Å²) in [6.07, 6.45) is 3.45. The Morgan fingerprint density at radius 1 is 0.531 bits per heavy atom. The molecule has 10 nitrogen and oxygen atoms in total. The number of rotatable bonds is 19. The number of hydrogen-bond donors (Lipinski definition) is 0. The summed E-state index contributed by atoms with van der Waals surface area (Å²) in [5.41, 5.74) is 0.00222. The van der Waals surface area contributed by atoms with Gasteiger partial charge in [0.25, 0.3) is 0 Å². The normalized spacial score (nSPS) is 10.4. The van der Waals surface area contributed by atoms with Crippen molar-refractivity contribution in [1.29, 1.82) is 0 Å². The number of benzene rings is 3. The van der Waals surface area contributed by atoms with Crippen LogP contribution in [0.1, 0.15) is 66.7 Å². The molecule has 12 heteroatoms. The molecule has 0 aliphatic rings. The molecule has 0 aliphatic heterocycles. The van der Waals surface area contributed by atoms with Gasteiger partial charge >= 0.3 is 23.9 Å². The molecule has 0 atom stereocenters. The molecule has 3 rings (SSSR count). The molecule has 0 saturated heterocycles. The predicted molar refractivity (Wildman–Crippen MR) is 175 cm³/mol. The van der Waals surface area contributed by atoms with Crippen LogP contribution in [0.2, 0.25) is 0 Å². The first-order valence-electron chi connectivity index (χ1n) is 15.5. The molecule has 0 bridgehead atoms. The van der Waals surface area contributed by atoms with Gasteiger partial charge < -0.3 is 28.4 Å². The third kappa shape index (κ3) is 12.9. The van der Waals surface area contributed by atoms with Gasteiger partial charge in [0, 0.05) is 29.7 Å². The first-order chi connectivity index (χ1) is 23.4. The minimum Gasteiger partial charge on any atom is -0.493 e. The van der Waals surface area contributed by atoms with Crippen molar-refractivity contribution in [3.05, 3.63) is 108 Å². The lowest BCUT2D eigenvalue weighted by Gasteiger charge is -2.10. The number of unbranched alkanes of at least 4 members (excludes halogenated alkanes) is 3. The maximum absolute atomic E-state index is 14.7. The van der Waals surface area contributed by atoms with Crippen molar-refractivity contribution in [1.82, 2.24) is 0 Å². The van der Waals surface area contributed by atoms with E-state index in [2.05, 4.69) is 13.2 Å². The molecule has 0 aromatic heterocycles. The number of carbonyl (C=O) groups is 4. The van der Waals surface area contributed by atoms with E-state index in [1.165, 1.54) is 55.5 Å². The van der Waals surface area contributed by atoms with Gasteiger partial charge in [0.05, 0.1) is 37.6 Å². The van der Waals surface area contributed by atoms with E-state index in [-0.39, 0.29) is 52.9 Å². The number of halogens is 2. The second-order valence-electron chi connectivity index (χ2n) is 10.8. The Morgan fingerprint density at radius 2 is 0.898 bits per heavy atom. The third-order valence-corrected chi connectivity index (χ3v) is 6.59.